The molecule has 4 nitrogen and oxygen atoms in total. The summed E-state index contributed by atoms with van der Waals surface area (Å²) in [6.07, 6.45) is 2.75. The molecule has 4 heteroatoms. The average Bonchev–Trinajstić information content (AvgIpc) is 2.48. The summed E-state index contributed by atoms with van der Waals surface area (Å²) in [4.78, 5) is 18.9. The third kappa shape index (κ3) is 3.43. The van der Waals surface area contributed by atoms with Gasteiger partial charge >= 0.3 is 0 Å². The summed E-state index contributed by atoms with van der Waals surface area (Å²) >= 11 is 0. The van der Waals surface area contributed by atoms with Crippen molar-refractivity contribution in [2.45, 2.75) is 33.2 Å². The van der Waals surface area contributed by atoms with Gasteiger partial charge in [0, 0.05) is 18.8 Å². The SMILES string of the molecule is CC1CC(C)C(C)N(C(=O)c2ncccc2C#CCO)C1. The molecule has 3 atom stereocenters. The highest BCUT2D eigenvalue weighted by atomic mass is 16.2. The lowest BCUT2D eigenvalue weighted by atomic mass is 9.85. The summed E-state index contributed by atoms with van der Waals surface area (Å²) in [5.74, 6) is 6.31. The summed E-state index contributed by atoms with van der Waals surface area (Å²) in [7, 11) is 0. The van der Waals surface area contributed by atoms with Crippen LogP contribution in [0, 0.1) is 23.7 Å². The summed E-state index contributed by atoms with van der Waals surface area (Å²) in [5, 5.41) is 8.83. The molecule has 1 N–H and O–H groups in total. The Morgan fingerprint density at radius 2 is 2.24 bits per heavy atom. The maximum absolute atomic E-state index is 12.8. The lowest BCUT2D eigenvalue weighted by Crippen LogP contribution is -2.49. The van der Waals surface area contributed by atoms with Gasteiger partial charge in [-0.25, -0.2) is 4.98 Å². The Labute approximate surface area is 126 Å². The molecule has 1 amide bonds. The zero-order valence-corrected chi connectivity index (χ0v) is 12.8. The topological polar surface area (TPSA) is 53.4 Å². The monoisotopic (exact) mass is 286 g/mol. The van der Waals surface area contributed by atoms with E-state index in [2.05, 4.69) is 37.6 Å². The van der Waals surface area contributed by atoms with Crippen molar-refractivity contribution < 1.29 is 9.90 Å². The molecule has 0 bridgehead atoms. The van der Waals surface area contributed by atoms with Crippen LogP contribution in [0.1, 0.15) is 43.2 Å². The van der Waals surface area contributed by atoms with E-state index in [4.69, 9.17) is 5.11 Å². The van der Waals surface area contributed by atoms with Crippen molar-refractivity contribution in [1.82, 2.24) is 9.88 Å². The molecule has 3 unspecified atom stereocenters. The molecule has 0 aliphatic carbocycles. The molecule has 0 aromatic carbocycles. The number of pyridine rings is 1. The number of carbonyl (C=O) groups is 1. The van der Waals surface area contributed by atoms with Gasteiger partial charge in [-0.15, -0.1) is 0 Å². The van der Waals surface area contributed by atoms with E-state index < -0.39 is 0 Å². The van der Waals surface area contributed by atoms with Gasteiger partial charge in [0.25, 0.3) is 5.91 Å². The summed E-state index contributed by atoms with van der Waals surface area (Å²) in [5.41, 5.74) is 0.959. The van der Waals surface area contributed by atoms with Gasteiger partial charge in [0.15, 0.2) is 0 Å². The number of hydrogen-bond acceptors (Lipinski definition) is 3. The summed E-state index contributed by atoms with van der Waals surface area (Å²) < 4.78 is 0. The van der Waals surface area contributed by atoms with Gasteiger partial charge in [0.2, 0.25) is 0 Å². The summed E-state index contributed by atoms with van der Waals surface area (Å²) in [6, 6.07) is 3.72. The zero-order valence-electron chi connectivity index (χ0n) is 12.8. The second kappa shape index (κ2) is 6.73. The first-order valence-corrected chi connectivity index (χ1v) is 7.40. The van der Waals surface area contributed by atoms with Gasteiger partial charge < -0.3 is 10.0 Å². The van der Waals surface area contributed by atoms with Crippen LogP contribution in [0.3, 0.4) is 0 Å². The Kier molecular flexibility index (Phi) is 4.98. The van der Waals surface area contributed by atoms with E-state index in [-0.39, 0.29) is 18.6 Å². The molecule has 2 rings (SSSR count). The number of likely N-dealkylation sites (tertiary alicyclic amines) is 1. The minimum absolute atomic E-state index is 0.0660. The van der Waals surface area contributed by atoms with Gasteiger partial charge in [0.1, 0.15) is 12.3 Å². The number of aliphatic hydroxyl groups is 1. The van der Waals surface area contributed by atoms with Crippen LogP contribution in [0.25, 0.3) is 0 Å². The van der Waals surface area contributed by atoms with Gasteiger partial charge in [-0.1, -0.05) is 25.7 Å². The fourth-order valence-corrected chi connectivity index (χ4v) is 2.93. The van der Waals surface area contributed by atoms with E-state index in [1.807, 2.05) is 4.90 Å². The molecule has 112 valence electrons. The molecule has 1 aliphatic rings. The van der Waals surface area contributed by atoms with Crippen LogP contribution in [0.2, 0.25) is 0 Å². The van der Waals surface area contributed by atoms with E-state index >= 15 is 0 Å². The van der Waals surface area contributed by atoms with Crippen molar-refractivity contribution in [3.63, 3.8) is 0 Å². The van der Waals surface area contributed by atoms with E-state index in [1.165, 1.54) is 0 Å². The van der Waals surface area contributed by atoms with Crippen molar-refractivity contribution in [1.29, 1.82) is 0 Å². The zero-order chi connectivity index (χ0) is 15.4. The number of nitrogens with zero attached hydrogens (tertiary/aromatic N) is 2. The fraction of sp³-hybridized carbons (Fsp3) is 0.529. The predicted octanol–water partition coefficient (Wildman–Crippen LogP) is 1.93. The second-order valence-corrected chi connectivity index (χ2v) is 5.88. The van der Waals surface area contributed by atoms with Crippen LogP contribution in [-0.2, 0) is 0 Å². The van der Waals surface area contributed by atoms with E-state index in [1.54, 1.807) is 18.3 Å². The number of aliphatic hydroxyl groups excluding tert-OH is 1. The molecule has 1 aromatic heterocycles. The lowest BCUT2D eigenvalue weighted by molar-refractivity contribution is 0.0449. The number of amides is 1. The van der Waals surface area contributed by atoms with Crippen molar-refractivity contribution in [3.8, 4) is 11.8 Å². The third-order valence-electron chi connectivity index (χ3n) is 4.17. The molecule has 1 aliphatic heterocycles. The van der Waals surface area contributed by atoms with Crippen LogP contribution in [0.4, 0.5) is 0 Å². The smallest absolute Gasteiger partial charge is 0.274 e. The van der Waals surface area contributed by atoms with Crippen LogP contribution in [0.15, 0.2) is 18.3 Å². The molecule has 0 spiro atoms. The molecule has 21 heavy (non-hydrogen) atoms. The Hall–Kier alpha value is -1.86. The van der Waals surface area contributed by atoms with Crippen molar-refractivity contribution in [2.24, 2.45) is 11.8 Å². The molecule has 2 heterocycles. The Morgan fingerprint density at radius 1 is 1.48 bits per heavy atom. The van der Waals surface area contributed by atoms with Crippen molar-refractivity contribution in [2.75, 3.05) is 13.2 Å². The van der Waals surface area contributed by atoms with Crippen LogP contribution in [0.5, 0.6) is 0 Å². The minimum atomic E-state index is -0.225. The number of rotatable bonds is 1. The molecule has 0 saturated carbocycles. The second-order valence-electron chi connectivity index (χ2n) is 5.88. The maximum Gasteiger partial charge on any atom is 0.274 e. The highest BCUT2D eigenvalue weighted by Crippen LogP contribution is 2.28. The maximum atomic E-state index is 12.8. The largest absolute Gasteiger partial charge is 0.384 e. The van der Waals surface area contributed by atoms with Gasteiger partial charge in [-0.3, -0.25) is 4.79 Å². The fourth-order valence-electron chi connectivity index (χ4n) is 2.93. The summed E-state index contributed by atoms with van der Waals surface area (Å²) in [6.45, 7) is 6.99. The van der Waals surface area contributed by atoms with E-state index in [0.29, 0.717) is 23.1 Å². The van der Waals surface area contributed by atoms with Crippen LogP contribution < -0.4 is 0 Å². The Balaban J connectivity index is 2.31. The lowest BCUT2D eigenvalue weighted by Gasteiger charge is -2.41. The first-order chi connectivity index (χ1) is 10.0. The number of carbonyl (C=O) groups excluding carboxylic acids is 1. The Morgan fingerprint density at radius 3 is 2.95 bits per heavy atom. The highest BCUT2D eigenvalue weighted by molar-refractivity contribution is 5.95. The predicted molar refractivity (Wildman–Crippen MR) is 81.6 cm³/mol. The highest BCUT2D eigenvalue weighted by Gasteiger charge is 2.33. The van der Waals surface area contributed by atoms with E-state index in [0.717, 1.165) is 13.0 Å². The first kappa shape index (κ1) is 15.5. The number of aromatic nitrogens is 1. The molecule has 0 radical (unpaired) electrons. The van der Waals surface area contributed by atoms with Gasteiger partial charge in [0.05, 0.1) is 5.56 Å². The molecular formula is C17H22N2O2. The molecule has 1 saturated heterocycles. The first-order valence-electron chi connectivity index (χ1n) is 7.40. The average molecular weight is 286 g/mol. The molecular weight excluding hydrogens is 264 g/mol. The quantitative estimate of drug-likeness (QED) is 0.803. The third-order valence-corrected chi connectivity index (χ3v) is 4.17. The van der Waals surface area contributed by atoms with Crippen LogP contribution in [-0.4, -0.2) is 40.1 Å². The van der Waals surface area contributed by atoms with Crippen LogP contribution >= 0.6 is 0 Å². The number of hydrogen-bond donors (Lipinski definition) is 1. The van der Waals surface area contributed by atoms with Gasteiger partial charge in [-0.2, -0.15) is 0 Å². The minimum Gasteiger partial charge on any atom is -0.384 e. The normalized spacial score (nSPS) is 25.1. The standard InChI is InChI=1S/C17H22N2O2/c1-12-10-13(2)14(3)19(11-12)17(21)16-15(7-5-9-20)6-4-8-18-16/h4,6,8,12-14,20H,9-11H2,1-3H3. The molecule has 1 fully saturated rings. The van der Waals surface area contributed by atoms with Gasteiger partial charge in [-0.05, 0) is 37.3 Å². The van der Waals surface area contributed by atoms with Crippen molar-refractivity contribution >= 4 is 5.91 Å². The Bertz CT molecular complexity index is 574. The molecule has 1 aromatic rings. The van der Waals surface area contributed by atoms with Crippen molar-refractivity contribution in [3.05, 3.63) is 29.6 Å². The van der Waals surface area contributed by atoms with E-state index in [9.17, 15) is 4.79 Å². The number of piperidine rings is 1.